The van der Waals surface area contributed by atoms with Crippen molar-refractivity contribution in [2.75, 3.05) is 14.2 Å². The molecule has 0 spiro atoms. The summed E-state index contributed by atoms with van der Waals surface area (Å²) >= 11 is 0. The number of methoxy groups -OCH3 is 2. The highest BCUT2D eigenvalue weighted by atomic mass is 16.6. The van der Waals surface area contributed by atoms with Crippen molar-refractivity contribution in [2.24, 2.45) is 0 Å². The van der Waals surface area contributed by atoms with Gasteiger partial charge in [0, 0.05) is 17.7 Å². The van der Waals surface area contributed by atoms with Gasteiger partial charge in [-0.2, -0.15) is 5.26 Å². The number of carbonyl (C=O) groups is 1. The zero-order valence-electron chi connectivity index (χ0n) is 13.0. The quantitative estimate of drug-likeness (QED) is 0.266. The Bertz CT molecular complexity index is 761. The second kappa shape index (κ2) is 6.87. The lowest BCUT2D eigenvalue weighted by molar-refractivity contribution is -0.385. The number of nitriles is 1. The predicted octanol–water partition coefficient (Wildman–Crippen LogP) is 1.68. The molecule has 1 aliphatic rings. The molecule has 0 aliphatic heterocycles. The number of nitrogens with zero attached hydrogens (tertiary/aromatic N) is 2. The first-order chi connectivity index (χ1) is 11.4. The van der Waals surface area contributed by atoms with Gasteiger partial charge in [0.2, 0.25) is 5.75 Å². The molecular weight excluding hydrogens is 318 g/mol. The van der Waals surface area contributed by atoms with Crippen LogP contribution in [0.25, 0.3) is 5.76 Å². The van der Waals surface area contributed by atoms with Gasteiger partial charge in [0.15, 0.2) is 11.3 Å². The van der Waals surface area contributed by atoms with Crippen LogP contribution in [0.2, 0.25) is 0 Å². The summed E-state index contributed by atoms with van der Waals surface area (Å²) < 4.78 is 9.97. The van der Waals surface area contributed by atoms with Crippen molar-refractivity contribution >= 4 is 17.4 Å². The molecule has 126 valence electrons. The molecule has 0 unspecified atom stereocenters. The van der Waals surface area contributed by atoms with Gasteiger partial charge in [0.05, 0.1) is 19.1 Å². The summed E-state index contributed by atoms with van der Waals surface area (Å²) in [5, 5.41) is 33.2. The fourth-order valence-electron chi connectivity index (χ4n) is 2.06. The van der Waals surface area contributed by atoms with Crippen LogP contribution < -0.4 is 14.8 Å². The zero-order valence-corrected chi connectivity index (χ0v) is 13.0. The topological polar surface area (TPSA) is 135 Å². The summed E-state index contributed by atoms with van der Waals surface area (Å²) in [6.45, 7) is 0. The SMILES string of the molecule is COc1cc(/C(O)=C(\C#N)C(=O)NC2CC2)cc([N+](=O)[O-])c1OC. The second-order valence-electron chi connectivity index (χ2n) is 5.07. The standard InChI is InChI=1S/C15H15N3O6/c1-23-12-6-8(5-11(18(21)22)14(12)24-2)13(19)10(7-16)15(20)17-9-3-4-9/h5-6,9,19H,3-4H2,1-2H3,(H,17,20)/b13-10-. The summed E-state index contributed by atoms with van der Waals surface area (Å²) in [6, 6.07) is 3.88. The molecule has 1 fully saturated rings. The Balaban J connectivity index is 2.54. The van der Waals surface area contributed by atoms with E-state index in [2.05, 4.69) is 5.32 Å². The predicted molar refractivity (Wildman–Crippen MR) is 82.5 cm³/mol. The van der Waals surface area contributed by atoms with Gasteiger partial charge >= 0.3 is 5.69 Å². The van der Waals surface area contributed by atoms with E-state index in [9.17, 15) is 20.0 Å². The average Bonchev–Trinajstić information content (AvgIpc) is 3.37. The number of aliphatic hydroxyl groups excluding tert-OH is 1. The fraction of sp³-hybridized carbons (Fsp3) is 0.333. The van der Waals surface area contributed by atoms with Crippen molar-refractivity contribution in [3.8, 4) is 17.6 Å². The second-order valence-corrected chi connectivity index (χ2v) is 5.07. The average molecular weight is 333 g/mol. The summed E-state index contributed by atoms with van der Waals surface area (Å²) in [7, 11) is 2.52. The minimum atomic E-state index is -0.727. The maximum Gasteiger partial charge on any atom is 0.315 e. The highest BCUT2D eigenvalue weighted by molar-refractivity contribution is 6.04. The number of aliphatic hydroxyl groups is 1. The molecule has 0 aromatic heterocycles. The number of carbonyl (C=O) groups excluding carboxylic acids is 1. The lowest BCUT2D eigenvalue weighted by Gasteiger charge is -2.11. The Morgan fingerprint density at radius 2 is 2.08 bits per heavy atom. The third-order valence-corrected chi connectivity index (χ3v) is 3.42. The molecule has 0 bridgehead atoms. The van der Waals surface area contributed by atoms with E-state index in [1.807, 2.05) is 0 Å². The minimum Gasteiger partial charge on any atom is -0.506 e. The first-order valence-electron chi connectivity index (χ1n) is 6.97. The highest BCUT2D eigenvalue weighted by Gasteiger charge is 2.28. The lowest BCUT2D eigenvalue weighted by atomic mass is 10.1. The highest BCUT2D eigenvalue weighted by Crippen LogP contribution is 2.39. The number of rotatable bonds is 6. The van der Waals surface area contributed by atoms with Gasteiger partial charge in [-0.1, -0.05) is 0 Å². The van der Waals surface area contributed by atoms with Crippen LogP contribution >= 0.6 is 0 Å². The number of nitrogens with one attached hydrogen (secondary N) is 1. The van der Waals surface area contributed by atoms with E-state index in [0.717, 1.165) is 18.9 Å². The maximum absolute atomic E-state index is 12.0. The van der Waals surface area contributed by atoms with E-state index in [0.29, 0.717) is 0 Å². The van der Waals surface area contributed by atoms with E-state index >= 15 is 0 Å². The largest absolute Gasteiger partial charge is 0.506 e. The van der Waals surface area contributed by atoms with Gasteiger partial charge < -0.3 is 19.9 Å². The summed E-state index contributed by atoms with van der Waals surface area (Å²) in [6.07, 6.45) is 1.63. The van der Waals surface area contributed by atoms with Gasteiger partial charge in [-0.05, 0) is 18.9 Å². The van der Waals surface area contributed by atoms with Crippen LogP contribution in [0.3, 0.4) is 0 Å². The van der Waals surface area contributed by atoms with Crippen molar-refractivity contribution < 1.29 is 24.3 Å². The Labute approximate surface area is 137 Å². The number of benzene rings is 1. The molecule has 2 N–H and O–H groups in total. The molecule has 0 atom stereocenters. The number of nitro benzene ring substituents is 1. The molecule has 1 amide bonds. The molecule has 1 aromatic rings. The van der Waals surface area contributed by atoms with Crippen molar-refractivity contribution in [1.29, 1.82) is 5.26 Å². The smallest absolute Gasteiger partial charge is 0.315 e. The number of hydrogen-bond acceptors (Lipinski definition) is 7. The molecule has 1 saturated carbocycles. The summed E-state index contributed by atoms with van der Waals surface area (Å²) in [5.74, 6) is -1.53. The number of ether oxygens (including phenoxy) is 2. The van der Waals surface area contributed by atoms with Crippen LogP contribution in [0.4, 0.5) is 5.69 Å². The molecule has 24 heavy (non-hydrogen) atoms. The normalized spacial score (nSPS) is 14.2. The van der Waals surface area contributed by atoms with E-state index in [4.69, 9.17) is 14.7 Å². The molecule has 1 aromatic carbocycles. The maximum atomic E-state index is 12.0. The Hall–Kier alpha value is -3.28. The van der Waals surface area contributed by atoms with Gasteiger partial charge in [-0.15, -0.1) is 0 Å². The summed E-state index contributed by atoms with van der Waals surface area (Å²) in [5.41, 5.74) is -1.08. The first kappa shape index (κ1) is 17.1. The van der Waals surface area contributed by atoms with E-state index in [-0.39, 0.29) is 23.1 Å². The Morgan fingerprint density at radius 1 is 1.42 bits per heavy atom. The van der Waals surface area contributed by atoms with Gasteiger partial charge in [0.1, 0.15) is 11.8 Å². The minimum absolute atomic E-state index is 0.00612. The third-order valence-electron chi connectivity index (χ3n) is 3.42. The van der Waals surface area contributed by atoms with Crippen molar-refractivity contribution in [1.82, 2.24) is 5.32 Å². The van der Waals surface area contributed by atoms with Crippen LogP contribution in [0.5, 0.6) is 11.5 Å². The number of nitro groups is 1. The van der Waals surface area contributed by atoms with Gasteiger partial charge in [-0.3, -0.25) is 14.9 Å². The lowest BCUT2D eigenvalue weighted by Crippen LogP contribution is -2.27. The van der Waals surface area contributed by atoms with Gasteiger partial charge in [-0.25, -0.2) is 0 Å². The molecule has 0 heterocycles. The van der Waals surface area contributed by atoms with Crippen LogP contribution in [0.15, 0.2) is 17.7 Å². The van der Waals surface area contributed by atoms with Gasteiger partial charge in [0.25, 0.3) is 5.91 Å². The number of hydrogen-bond donors (Lipinski definition) is 2. The number of amides is 1. The van der Waals surface area contributed by atoms with Crippen molar-refractivity contribution in [2.45, 2.75) is 18.9 Å². The molecule has 2 rings (SSSR count). The molecule has 9 heteroatoms. The van der Waals surface area contributed by atoms with Crippen LogP contribution in [0.1, 0.15) is 18.4 Å². The molecular formula is C15H15N3O6. The van der Waals surface area contributed by atoms with E-state index in [1.54, 1.807) is 6.07 Å². The van der Waals surface area contributed by atoms with Crippen molar-refractivity contribution in [3.05, 3.63) is 33.4 Å². The summed E-state index contributed by atoms with van der Waals surface area (Å²) in [4.78, 5) is 22.5. The fourth-order valence-corrected chi connectivity index (χ4v) is 2.06. The molecule has 0 saturated heterocycles. The van der Waals surface area contributed by atoms with Crippen LogP contribution in [-0.2, 0) is 4.79 Å². The van der Waals surface area contributed by atoms with E-state index < -0.39 is 27.9 Å². The third kappa shape index (κ3) is 3.38. The Morgan fingerprint density at radius 3 is 2.54 bits per heavy atom. The monoisotopic (exact) mass is 333 g/mol. The van der Waals surface area contributed by atoms with Crippen LogP contribution in [-0.4, -0.2) is 36.2 Å². The zero-order chi connectivity index (χ0) is 17.9. The molecule has 9 nitrogen and oxygen atoms in total. The van der Waals surface area contributed by atoms with E-state index in [1.165, 1.54) is 20.3 Å². The molecule has 0 radical (unpaired) electrons. The molecule has 1 aliphatic carbocycles. The van der Waals surface area contributed by atoms with Crippen molar-refractivity contribution in [3.63, 3.8) is 0 Å². The Kier molecular flexibility index (Phi) is 4.89. The van der Waals surface area contributed by atoms with Crippen LogP contribution in [0, 0.1) is 21.4 Å². The first-order valence-corrected chi connectivity index (χ1v) is 6.97.